The molecule has 0 radical (unpaired) electrons. The van der Waals surface area contributed by atoms with E-state index in [9.17, 15) is 4.79 Å². The summed E-state index contributed by atoms with van der Waals surface area (Å²) in [6, 6.07) is 5.85. The van der Waals surface area contributed by atoms with Gasteiger partial charge in [-0.3, -0.25) is 0 Å². The zero-order chi connectivity index (χ0) is 15.4. The summed E-state index contributed by atoms with van der Waals surface area (Å²) in [6.07, 6.45) is 2.45. The number of anilines is 2. The van der Waals surface area contributed by atoms with Gasteiger partial charge in [-0.25, -0.2) is 4.79 Å². The van der Waals surface area contributed by atoms with Crippen LogP contribution in [0.25, 0.3) is 0 Å². The monoisotopic (exact) mass is 291 g/mol. The van der Waals surface area contributed by atoms with E-state index in [2.05, 4.69) is 16.8 Å². The Labute approximate surface area is 126 Å². The fourth-order valence-electron chi connectivity index (χ4n) is 2.84. The molecule has 2 N–H and O–H groups in total. The maximum atomic E-state index is 11.8. The molecule has 1 aromatic rings. The lowest BCUT2D eigenvalue weighted by Gasteiger charge is -2.28. The average Bonchev–Trinajstić information content (AvgIpc) is 2.85. The van der Waals surface area contributed by atoms with E-state index in [0.717, 1.165) is 18.8 Å². The Morgan fingerprint density at radius 3 is 2.90 bits per heavy atom. The first kappa shape index (κ1) is 15.6. The van der Waals surface area contributed by atoms with Crippen LogP contribution in [0.15, 0.2) is 18.2 Å². The molecule has 1 aliphatic heterocycles. The fourth-order valence-corrected chi connectivity index (χ4v) is 2.84. The largest absolute Gasteiger partial charge is 0.462 e. The molecular weight excluding hydrogens is 266 g/mol. The molecule has 21 heavy (non-hydrogen) atoms. The van der Waals surface area contributed by atoms with Crippen LogP contribution in [0.1, 0.15) is 30.1 Å². The first-order chi connectivity index (χ1) is 10.0. The first-order valence-corrected chi connectivity index (χ1v) is 7.51. The van der Waals surface area contributed by atoms with Crippen LogP contribution in [-0.4, -0.2) is 50.7 Å². The number of rotatable bonds is 5. The zero-order valence-corrected chi connectivity index (χ0v) is 13.1. The van der Waals surface area contributed by atoms with Crippen molar-refractivity contribution in [2.45, 2.75) is 25.8 Å². The summed E-state index contributed by atoms with van der Waals surface area (Å²) < 4.78 is 5.05. The van der Waals surface area contributed by atoms with Crippen LogP contribution in [0.3, 0.4) is 0 Å². The molecule has 1 atom stereocenters. The van der Waals surface area contributed by atoms with Gasteiger partial charge in [-0.2, -0.15) is 0 Å². The fraction of sp³-hybridized carbons (Fsp3) is 0.562. The van der Waals surface area contributed by atoms with E-state index in [1.807, 2.05) is 13.1 Å². The number of nitrogen functional groups attached to an aromatic ring is 1. The van der Waals surface area contributed by atoms with E-state index in [1.54, 1.807) is 19.1 Å². The van der Waals surface area contributed by atoms with Gasteiger partial charge in [0.05, 0.1) is 23.5 Å². The number of carbonyl (C=O) groups is 1. The molecule has 5 nitrogen and oxygen atoms in total. The molecule has 0 amide bonds. The van der Waals surface area contributed by atoms with Crippen LogP contribution in [0.2, 0.25) is 0 Å². The smallest absolute Gasteiger partial charge is 0.338 e. The Morgan fingerprint density at radius 2 is 2.29 bits per heavy atom. The van der Waals surface area contributed by atoms with Crippen molar-refractivity contribution in [3.63, 3.8) is 0 Å². The van der Waals surface area contributed by atoms with E-state index in [-0.39, 0.29) is 5.97 Å². The molecule has 0 aromatic heterocycles. The number of likely N-dealkylation sites (N-methyl/N-ethyl adjacent to an activating group) is 2. The average molecular weight is 291 g/mol. The highest BCUT2D eigenvalue weighted by Crippen LogP contribution is 2.26. The van der Waals surface area contributed by atoms with Crippen molar-refractivity contribution in [1.82, 2.24) is 4.90 Å². The minimum absolute atomic E-state index is 0.301. The standard InChI is InChI=1S/C16H25N3O2/c1-4-21-16(20)12-7-8-14(17)15(10-12)19(3)11-13-6-5-9-18(13)2/h7-8,10,13H,4-6,9,11,17H2,1-3H3. The molecule has 1 heterocycles. The second kappa shape index (κ2) is 6.80. The van der Waals surface area contributed by atoms with Crippen molar-refractivity contribution < 1.29 is 9.53 Å². The van der Waals surface area contributed by atoms with Crippen molar-refractivity contribution in [2.75, 3.05) is 44.4 Å². The van der Waals surface area contributed by atoms with E-state index in [4.69, 9.17) is 10.5 Å². The van der Waals surface area contributed by atoms with Gasteiger partial charge in [0.2, 0.25) is 0 Å². The van der Waals surface area contributed by atoms with Crippen LogP contribution in [0, 0.1) is 0 Å². The van der Waals surface area contributed by atoms with Crippen LogP contribution in [-0.2, 0) is 4.74 Å². The van der Waals surface area contributed by atoms with E-state index in [0.29, 0.717) is 23.9 Å². The predicted molar refractivity (Wildman–Crippen MR) is 85.7 cm³/mol. The number of ether oxygens (including phenoxy) is 1. The lowest BCUT2D eigenvalue weighted by atomic mass is 10.1. The summed E-state index contributed by atoms with van der Waals surface area (Å²) >= 11 is 0. The molecule has 0 saturated carbocycles. The molecule has 0 spiro atoms. The molecule has 1 unspecified atom stereocenters. The summed E-state index contributed by atoms with van der Waals surface area (Å²) in [5, 5.41) is 0. The van der Waals surface area contributed by atoms with Crippen molar-refractivity contribution >= 4 is 17.3 Å². The number of carbonyl (C=O) groups excluding carboxylic acids is 1. The Hall–Kier alpha value is -1.75. The third-order valence-corrected chi connectivity index (χ3v) is 4.11. The second-order valence-electron chi connectivity index (χ2n) is 5.65. The van der Waals surface area contributed by atoms with E-state index in [1.165, 1.54) is 12.8 Å². The maximum absolute atomic E-state index is 11.8. The number of nitrogens with zero attached hydrogens (tertiary/aromatic N) is 2. The lowest BCUT2D eigenvalue weighted by molar-refractivity contribution is 0.0526. The minimum atomic E-state index is -0.301. The topological polar surface area (TPSA) is 58.8 Å². The Morgan fingerprint density at radius 1 is 1.52 bits per heavy atom. The van der Waals surface area contributed by atoms with Gasteiger partial charge < -0.3 is 20.3 Å². The molecule has 0 bridgehead atoms. The van der Waals surface area contributed by atoms with Crippen molar-refractivity contribution in [3.05, 3.63) is 23.8 Å². The van der Waals surface area contributed by atoms with Crippen molar-refractivity contribution in [3.8, 4) is 0 Å². The second-order valence-corrected chi connectivity index (χ2v) is 5.65. The highest BCUT2D eigenvalue weighted by atomic mass is 16.5. The summed E-state index contributed by atoms with van der Waals surface area (Å²) in [4.78, 5) is 16.3. The summed E-state index contributed by atoms with van der Waals surface area (Å²) in [7, 11) is 4.18. The molecule has 1 fully saturated rings. The number of benzene rings is 1. The molecule has 0 aliphatic carbocycles. The molecule has 1 aromatic carbocycles. The van der Waals surface area contributed by atoms with Gasteiger partial charge in [-0.15, -0.1) is 0 Å². The number of nitrogens with two attached hydrogens (primary N) is 1. The molecule has 1 saturated heterocycles. The Kier molecular flexibility index (Phi) is 5.07. The SMILES string of the molecule is CCOC(=O)c1ccc(N)c(N(C)CC2CCCN2C)c1. The molecular formula is C16H25N3O2. The first-order valence-electron chi connectivity index (χ1n) is 7.51. The third-order valence-electron chi connectivity index (χ3n) is 4.11. The normalized spacial score (nSPS) is 18.7. The van der Waals surface area contributed by atoms with Gasteiger partial charge >= 0.3 is 5.97 Å². The highest BCUT2D eigenvalue weighted by Gasteiger charge is 2.23. The van der Waals surface area contributed by atoms with Crippen LogP contribution in [0.5, 0.6) is 0 Å². The molecule has 2 rings (SSSR count). The van der Waals surface area contributed by atoms with E-state index < -0.39 is 0 Å². The quantitative estimate of drug-likeness (QED) is 0.664. The van der Waals surface area contributed by atoms with Crippen molar-refractivity contribution in [1.29, 1.82) is 0 Å². The molecule has 116 valence electrons. The van der Waals surface area contributed by atoms with Crippen LogP contribution >= 0.6 is 0 Å². The number of hydrogen-bond donors (Lipinski definition) is 1. The minimum Gasteiger partial charge on any atom is -0.462 e. The molecule has 5 heteroatoms. The number of esters is 1. The summed E-state index contributed by atoms with van der Waals surface area (Å²) in [5.74, 6) is -0.301. The maximum Gasteiger partial charge on any atom is 0.338 e. The van der Waals surface area contributed by atoms with E-state index >= 15 is 0 Å². The lowest BCUT2D eigenvalue weighted by Crippen LogP contribution is -2.37. The van der Waals surface area contributed by atoms with Crippen LogP contribution < -0.4 is 10.6 Å². The number of likely N-dealkylation sites (tertiary alicyclic amines) is 1. The van der Waals surface area contributed by atoms with Crippen LogP contribution in [0.4, 0.5) is 11.4 Å². The zero-order valence-electron chi connectivity index (χ0n) is 13.1. The van der Waals surface area contributed by atoms with Gasteiger partial charge in [-0.05, 0) is 51.6 Å². The third kappa shape index (κ3) is 3.67. The van der Waals surface area contributed by atoms with Gasteiger partial charge in [0.1, 0.15) is 0 Å². The molecule has 1 aliphatic rings. The van der Waals surface area contributed by atoms with Gasteiger partial charge in [-0.1, -0.05) is 0 Å². The van der Waals surface area contributed by atoms with Crippen molar-refractivity contribution in [2.24, 2.45) is 0 Å². The predicted octanol–water partition coefficient (Wildman–Crippen LogP) is 1.98. The highest BCUT2D eigenvalue weighted by molar-refractivity contribution is 5.92. The van der Waals surface area contributed by atoms with Gasteiger partial charge in [0.15, 0.2) is 0 Å². The number of hydrogen-bond acceptors (Lipinski definition) is 5. The Balaban J connectivity index is 2.13. The Bertz CT molecular complexity index is 504. The van der Waals surface area contributed by atoms with Gasteiger partial charge in [0, 0.05) is 19.6 Å². The summed E-state index contributed by atoms with van der Waals surface area (Å²) in [6.45, 7) is 4.24. The summed E-state index contributed by atoms with van der Waals surface area (Å²) in [5.41, 5.74) is 8.19. The van der Waals surface area contributed by atoms with Gasteiger partial charge in [0.25, 0.3) is 0 Å².